The topological polar surface area (TPSA) is 9.23 Å². The molecule has 0 heterocycles. The van der Waals surface area contributed by atoms with Crippen LogP contribution < -0.4 is 4.74 Å². The van der Waals surface area contributed by atoms with E-state index in [1.165, 1.54) is 11.1 Å². The van der Waals surface area contributed by atoms with Crippen LogP contribution in [0.25, 0.3) is 0 Å². The zero-order chi connectivity index (χ0) is 10.7. The Bertz CT molecular complexity index is 318. The minimum atomic E-state index is 0.461. The number of rotatable bonds is 3. The smallest absolute Gasteiger partial charge is 0.120 e. The summed E-state index contributed by atoms with van der Waals surface area (Å²) in [7, 11) is 1.67. The first kappa shape index (κ1) is 11.4. The Labute approximate surface area is 91.0 Å². The van der Waals surface area contributed by atoms with Crippen LogP contribution in [0.4, 0.5) is 0 Å². The lowest BCUT2D eigenvalue weighted by Crippen LogP contribution is -1.98. The third-order valence-electron chi connectivity index (χ3n) is 2.38. The number of aryl methyl sites for hydroxylation is 1. The van der Waals surface area contributed by atoms with Crippen molar-refractivity contribution in [2.75, 3.05) is 7.11 Å². The Morgan fingerprint density at radius 1 is 1.36 bits per heavy atom. The summed E-state index contributed by atoms with van der Waals surface area (Å²) in [4.78, 5) is 0. The van der Waals surface area contributed by atoms with Crippen molar-refractivity contribution < 1.29 is 4.74 Å². The number of hydrogen-bond donors (Lipinski definition) is 0. The van der Waals surface area contributed by atoms with Gasteiger partial charge in [-0.1, -0.05) is 32.4 Å². The molecular weight excluding hydrogens is 196 g/mol. The maximum Gasteiger partial charge on any atom is 0.120 e. The lowest BCUT2D eigenvalue weighted by molar-refractivity contribution is 0.414. The summed E-state index contributed by atoms with van der Waals surface area (Å²) < 4.78 is 5.19. The monoisotopic (exact) mass is 212 g/mol. The molecule has 2 heteroatoms. The van der Waals surface area contributed by atoms with Gasteiger partial charge in [0.2, 0.25) is 0 Å². The fourth-order valence-electron chi connectivity index (χ4n) is 1.70. The highest BCUT2D eigenvalue weighted by molar-refractivity contribution is 6.31. The van der Waals surface area contributed by atoms with Crippen molar-refractivity contribution in [2.24, 2.45) is 0 Å². The van der Waals surface area contributed by atoms with Gasteiger partial charge in [0.05, 0.1) is 7.11 Å². The number of halogens is 1. The van der Waals surface area contributed by atoms with Gasteiger partial charge in [-0.25, -0.2) is 0 Å². The zero-order valence-corrected chi connectivity index (χ0v) is 9.98. The van der Waals surface area contributed by atoms with Crippen molar-refractivity contribution >= 4 is 11.6 Å². The molecule has 0 saturated heterocycles. The second-order valence-corrected chi connectivity index (χ2v) is 4.10. The largest absolute Gasteiger partial charge is 0.497 e. The molecular formula is C12H17ClO. The van der Waals surface area contributed by atoms with Gasteiger partial charge in [-0.2, -0.15) is 0 Å². The first-order valence-electron chi connectivity index (χ1n) is 4.96. The Hall–Kier alpha value is -0.690. The lowest BCUT2D eigenvalue weighted by atomic mass is 9.95. The number of hydrogen-bond acceptors (Lipinski definition) is 1. The van der Waals surface area contributed by atoms with E-state index in [9.17, 15) is 0 Å². The Kier molecular flexibility index (Phi) is 3.82. The van der Waals surface area contributed by atoms with E-state index in [-0.39, 0.29) is 0 Å². The van der Waals surface area contributed by atoms with E-state index < -0.39 is 0 Å². The van der Waals surface area contributed by atoms with Crippen molar-refractivity contribution in [2.45, 2.75) is 33.1 Å². The van der Waals surface area contributed by atoms with Crippen LogP contribution in [0, 0.1) is 0 Å². The third-order valence-corrected chi connectivity index (χ3v) is 2.70. The van der Waals surface area contributed by atoms with Gasteiger partial charge in [0.15, 0.2) is 0 Å². The van der Waals surface area contributed by atoms with Gasteiger partial charge in [0.1, 0.15) is 5.75 Å². The van der Waals surface area contributed by atoms with Gasteiger partial charge in [-0.15, -0.1) is 0 Å². The summed E-state index contributed by atoms with van der Waals surface area (Å²) in [6, 6.07) is 3.96. The number of methoxy groups -OCH3 is 1. The SMILES string of the molecule is CCc1cc(OC)cc(Cl)c1C(C)C. The molecule has 14 heavy (non-hydrogen) atoms. The second kappa shape index (κ2) is 4.70. The molecule has 0 aromatic heterocycles. The van der Waals surface area contributed by atoms with Crippen LogP contribution in [-0.4, -0.2) is 7.11 Å². The average molecular weight is 213 g/mol. The lowest BCUT2D eigenvalue weighted by Gasteiger charge is -2.15. The standard InChI is InChI=1S/C12H17ClO/c1-5-9-6-10(14-4)7-11(13)12(9)8(2)3/h6-8H,5H2,1-4H3. The van der Waals surface area contributed by atoms with Crippen molar-refractivity contribution in [1.29, 1.82) is 0 Å². The van der Waals surface area contributed by atoms with E-state index in [1.807, 2.05) is 6.07 Å². The van der Waals surface area contributed by atoms with Gasteiger partial charge >= 0.3 is 0 Å². The summed E-state index contributed by atoms with van der Waals surface area (Å²) in [5.41, 5.74) is 2.53. The van der Waals surface area contributed by atoms with E-state index in [2.05, 4.69) is 26.8 Å². The molecule has 1 nitrogen and oxygen atoms in total. The molecule has 1 rings (SSSR count). The first-order chi connectivity index (χ1) is 6.60. The third kappa shape index (κ3) is 2.21. The molecule has 0 spiro atoms. The van der Waals surface area contributed by atoms with Crippen LogP contribution >= 0.6 is 11.6 Å². The molecule has 0 fully saturated rings. The highest BCUT2D eigenvalue weighted by Crippen LogP contribution is 2.32. The van der Waals surface area contributed by atoms with Crippen molar-refractivity contribution in [3.8, 4) is 5.75 Å². The van der Waals surface area contributed by atoms with Crippen molar-refractivity contribution in [3.05, 3.63) is 28.3 Å². The van der Waals surface area contributed by atoms with Crippen molar-refractivity contribution in [1.82, 2.24) is 0 Å². The summed E-state index contributed by atoms with van der Waals surface area (Å²) in [5, 5.41) is 0.816. The summed E-state index contributed by atoms with van der Waals surface area (Å²) in [5.74, 6) is 1.31. The summed E-state index contributed by atoms with van der Waals surface area (Å²) >= 11 is 6.21. The van der Waals surface area contributed by atoms with Crippen LogP contribution in [0.5, 0.6) is 5.75 Å². The molecule has 0 aliphatic carbocycles. The summed E-state index contributed by atoms with van der Waals surface area (Å²) in [6.45, 7) is 6.46. The van der Waals surface area contributed by atoms with Crippen LogP contribution in [0.2, 0.25) is 5.02 Å². The van der Waals surface area contributed by atoms with Crippen LogP contribution in [-0.2, 0) is 6.42 Å². The highest BCUT2D eigenvalue weighted by Gasteiger charge is 2.11. The van der Waals surface area contributed by atoms with Gasteiger partial charge in [0, 0.05) is 5.02 Å². The Balaban J connectivity index is 3.27. The predicted octanol–water partition coefficient (Wildman–Crippen LogP) is 4.03. The second-order valence-electron chi connectivity index (χ2n) is 3.69. The van der Waals surface area contributed by atoms with Gasteiger partial charge in [-0.05, 0) is 35.6 Å². The molecule has 0 atom stereocenters. The van der Waals surface area contributed by atoms with Crippen molar-refractivity contribution in [3.63, 3.8) is 0 Å². The molecule has 0 amide bonds. The molecule has 0 unspecified atom stereocenters. The summed E-state index contributed by atoms with van der Waals surface area (Å²) in [6.07, 6.45) is 0.991. The molecule has 0 bridgehead atoms. The highest BCUT2D eigenvalue weighted by atomic mass is 35.5. The molecule has 0 saturated carbocycles. The molecule has 0 aliphatic rings. The quantitative estimate of drug-likeness (QED) is 0.735. The number of ether oxygens (including phenoxy) is 1. The molecule has 0 aliphatic heterocycles. The van der Waals surface area contributed by atoms with E-state index in [1.54, 1.807) is 7.11 Å². The normalized spacial score (nSPS) is 10.7. The molecule has 1 aromatic rings. The van der Waals surface area contributed by atoms with E-state index in [0.717, 1.165) is 17.2 Å². The van der Waals surface area contributed by atoms with Crippen LogP contribution in [0.15, 0.2) is 12.1 Å². The van der Waals surface area contributed by atoms with Crippen LogP contribution in [0.1, 0.15) is 37.8 Å². The van der Waals surface area contributed by atoms with Gasteiger partial charge in [0.25, 0.3) is 0 Å². The Morgan fingerprint density at radius 2 is 2.00 bits per heavy atom. The number of benzene rings is 1. The molecule has 0 radical (unpaired) electrons. The fourth-order valence-corrected chi connectivity index (χ4v) is 2.15. The fraction of sp³-hybridized carbons (Fsp3) is 0.500. The maximum absolute atomic E-state index is 6.21. The van der Waals surface area contributed by atoms with Crippen LogP contribution in [0.3, 0.4) is 0 Å². The minimum absolute atomic E-state index is 0.461. The minimum Gasteiger partial charge on any atom is -0.497 e. The Morgan fingerprint density at radius 3 is 2.43 bits per heavy atom. The maximum atomic E-state index is 6.21. The average Bonchev–Trinajstić information content (AvgIpc) is 2.15. The van der Waals surface area contributed by atoms with E-state index in [4.69, 9.17) is 16.3 Å². The van der Waals surface area contributed by atoms with Gasteiger partial charge < -0.3 is 4.74 Å². The predicted molar refractivity (Wildman–Crippen MR) is 61.5 cm³/mol. The van der Waals surface area contributed by atoms with E-state index in [0.29, 0.717) is 5.92 Å². The molecule has 1 aromatic carbocycles. The zero-order valence-electron chi connectivity index (χ0n) is 9.23. The first-order valence-corrected chi connectivity index (χ1v) is 5.34. The molecule has 0 N–H and O–H groups in total. The molecule has 78 valence electrons. The van der Waals surface area contributed by atoms with Gasteiger partial charge in [-0.3, -0.25) is 0 Å². The van der Waals surface area contributed by atoms with E-state index >= 15 is 0 Å².